The highest BCUT2D eigenvalue weighted by Crippen LogP contribution is 2.20. The molecule has 3 nitrogen and oxygen atoms in total. The standard InChI is InChI=1S/C14H17N3/c1-4-7-12(10-11(2)3)17-14-9-6-5-8-13(14)15-16-17/h5-6,8-9,11-12H,10H2,1-3H3. The quantitative estimate of drug-likeness (QED) is 0.754. The fourth-order valence-electron chi connectivity index (χ4n) is 1.95. The molecule has 2 rings (SSSR count). The van der Waals surface area contributed by atoms with E-state index < -0.39 is 0 Å². The van der Waals surface area contributed by atoms with E-state index in [0.29, 0.717) is 5.92 Å². The monoisotopic (exact) mass is 227 g/mol. The summed E-state index contributed by atoms with van der Waals surface area (Å²) in [6.45, 7) is 6.26. The summed E-state index contributed by atoms with van der Waals surface area (Å²) in [6, 6.07) is 8.12. The zero-order valence-corrected chi connectivity index (χ0v) is 10.5. The van der Waals surface area contributed by atoms with Gasteiger partial charge in [-0.2, -0.15) is 0 Å². The van der Waals surface area contributed by atoms with E-state index in [2.05, 4.69) is 36.0 Å². The first kappa shape index (κ1) is 11.7. The number of hydrogen-bond acceptors (Lipinski definition) is 2. The number of rotatable bonds is 3. The van der Waals surface area contributed by atoms with Crippen molar-refractivity contribution in [1.29, 1.82) is 0 Å². The van der Waals surface area contributed by atoms with Crippen LogP contribution in [0.2, 0.25) is 0 Å². The van der Waals surface area contributed by atoms with Crippen molar-refractivity contribution >= 4 is 11.0 Å². The molecule has 1 unspecified atom stereocenters. The highest BCUT2D eigenvalue weighted by Gasteiger charge is 2.14. The summed E-state index contributed by atoms with van der Waals surface area (Å²) in [4.78, 5) is 0. The van der Waals surface area contributed by atoms with Crippen LogP contribution in [0, 0.1) is 17.8 Å². The second-order valence-corrected chi connectivity index (χ2v) is 4.56. The van der Waals surface area contributed by atoms with Crippen LogP contribution in [-0.4, -0.2) is 15.0 Å². The van der Waals surface area contributed by atoms with Gasteiger partial charge in [0, 0.05) is 0 Å². The van der Waals surface area contributed by atoms with Crippen LogP contribution in [0.15, 0.2) is 24.3 Å². The zero-order valence-electron chi connectivity index (χ0n) is 10.5. The number of fused-ring (bicyclic) bond motifs is 1. The Morgan fingerprint density at radius 3 is 2.76 bits per heavy atom. The summed E-state index contributed by atoms with van der Waals surface area (Å²) in [5.74, 6) is 6.79. The normalized spacial score (nSPS) is 12.5. The van der Waals surface area contributed by atoms with Crippen molar-refractivity contribution < 1.29 is 0 Å². The van der Waals surface area contributed by atoms with E-state index in [9.17, 15) is 0 Å². The number of nitrogens with zero attached hydrogens (tertiary/aromatic N) is 3. The van der Waals surface area contributed by atoms with Gasteiger partial charge in [0.15, 0.2) is 0 Å². The van der Waals surface area contributed by atoms with Gasteiger partial charge in [0.25, 0.3) is 0 Å². The fraction of sp³-hybridized carbons (Fsp3) is 0.429. The molecule has 0 radical (unpaired) electrons. The molecule has 1 aromatic carbocycles. The van der Waals surface area contributed by atoms with Crippen molar-refractivity contribution in [2.75, 3.05) is 0 Å². The van der Waals surface area contributed by atoms with E-state index in [1.807, 2.05) is 35.9 Å². The van der Waals surface area contributed by atoms with Gasteiger partial charge in [-0.15, -0.1) is 11.0 Å². The number of para-hydroxylation sites is 1. The van der Waals surface area contributed by atoms with Crippen molar-refractivity contribution in [3.05, 3.63) is 24.3 Å². The molecular weight excluding hydrogens is 210 g/mol. The molecule has 0 saturated heterocycles. The van der Waals surface area contributed by atoms with Crippen LogP contribution in [0.1, 0.15) is 33.2 Å². The largest absolute Gasteiger partial charge is 0.230 e. The van der Waals surface area contributed by atoms with E-state index >= 15 is 0 Å². The minimum Gasteiger partial charge on any atom is -0.230 e. The average Bonchev–Trinajstić information content (AvgIpc) is 2.71. The summed E-state index contributed by atoms with van der Waals surface area (Å²) in [5.41, 5.74) is 1.99. The van der Waals surface area contributed by atoms with Crippen molar-refractivity contribution in [2.24, 2.45) is 5.92 Å². The Hall–Kier alpha value is -1.82. The van der Waals surface area contributed by atoms with Crippen LogP contribution in [0.4, 0.5) is 0 Å². The van der Waals surface area contributed by atoms with Crippen molar-refractivity contribution in [3.8, 4) is 11.8 Å². The van der Waals surface area contributed by atoms with Gasteiger partial charge in [-0.3, -0.25) is 0 Å². The Kier molecular flexibility index (Phi) is 3.43. The third-order valence-corrected chi connectivity index (χ3v) is 2.68. The topological polar surface area (TPSA) is 30.7 Å². The second kappa shape index (κ2) is 5.01. The molecule has 0 saturated carbocycles. The molecule has 1 heterocycles. The van der Waals surface area contributed by atoms with Gasteiger partial charge in [0.1, 0.15) is 11.6 Å². The molecule has 0 aliphatic heterocycles. The lowest BCUT2D eigenvalue weighted by Crippen LogP contribution is -2.11. The summed E-state index contributed by atoms with van der Waals surface area (Å²) in [5, 5.41) is 8.41. The van der Waals surface area contributed by atoms with E-state index in [1.165, 1.54) is 0 Å². The average molecular weight is 227 g/mol. The van der Waals surface area contributed by atoms with E-state index in [4.69, 9.17) is 0 Å². The summed E-state index contributed by atoms with van der Waals surface area (Å²) >= 11 is 0. The highest BCUT2D eigenvalue weighted by molar-refractivity contribution is 5.74. The van der Waals surface area contributed by atoms with Crippen LogP contribution in [-0.2, 0) is 0 Å². The minimum atomic E-state index is 0.118. The van der Waals surface area contributed by atoms with Crippen LogP contribution in [0.5, 0.6) is 0 Å². The summed E-state index contributed by atoms with van der Waals surface area (Å²) in [7, 11) is 0. The van der Waals surface area contributed by atoms with Gasteiger partial charge in [-0.1, -0.05) is 37.1 Å². The maximum absolute atomic E-state index is 4.23. The summed E-state index contributed by atoms with van der Waals surface area (Å²) < 4.78 is 1.94. The molecule has 1 atom stereocenters. The predicted molar refractivity (Wildman–Crippen MR) is 69.5 cm³/mol. The van der Waals surface area contributed by atoms with Gasteiger partial charge in [0.05, 0.1) is 5.52 Å². The van der Waals surface area contributed by atoms with E-state index in [-0.39, 0.29) is 6.04 Å². The SMILES string of the molecule is CC#CC(CC(C)C)n1nnc2ccccc21. The Morgan fingerprint density at radius 2 is 2.06 bits per heavy atom. The highest BCUT2D eigenvalue weighted by atomic mass is 15.4. The first-order valence-corrected chi connectivity index (χ1v) is 5.94. The zero-order chi connectivity index (χ0) is 12.3. The number of hydrogen-bond donors (Lipinski definition) is 0. The maximum atomic E-state index is 4.23. The maximum Gasteiger partial charge on any atom is 0.115 e. The predicted octanol–water partition coefficient (Wildman–Crippen LogP) is 3.04. The lowest BCUT2D eigenvalue weighted by Gasteiger charge is -2.13. The molecule has 0 bridgehead atoms. The van der Waals surface area contributed by atoms with Crippen molar-refractivity contribution in [2.45, 2.75) is 33.2 Å². The minimum absolute atomic E-state index is 0.118. The molecule has 0 aliphatic rings. The van der Waals surface area contributed by atoms with Crippen LogP contribution >= 0.6 is 0 Å². The molecule has 88 valence electrons. The first-order valence-electron chi connectivity index (χ1n) is 5.94. The van der Waals surface area contributed by atoms with Crippen LogP contribution in [0.3, 0.4) is 0 Å². The molecule has 0 spiro atoms. The lowest BCUT2D eigenvalue weighted by molar-refractivity contribution is 0.443. The molecule has 0 N–H and O–H groups in total. The molecule has 17 heavy (non-hydrogen) atoms. The molecule has 1 aromatic heterocycles. The van der Waals surface area contributed by atoms with Crippen molar-refractivity contribution in [3.63, 3.8) is 0 Å². The van der Waals surface area contributed by atoms with Gasteiger partial charge >= 0.3 is 0 Å². The van der Waals surface area contributed by atoms with Crippen molar-refractivity contribution in [1.82, 2.24) is 15.0 Å². The number of aromatic nitrogens is 3. The summed E-state index contributed by atoms with van der Waals surface area (Å²) in [6.07, 6.45) is 0.994. The van der Waals surface area contributed by atoms with Gasteiger partial charge in [-0.25, -0.2) is 4.68 Å². The van der Waals surface area contributed by atoms with E-state index in [1.54, 1.807) is 0 Å². The lowest BCUT2D eigenvalue weighted by atomic mass is 10.0. The molecule has 0 amide bonds. The Labute approximate surface area is 102 Å². The Bertz CT molecular complexity index is 557. The molecule has 3 heteroatoms. The van der Waals surface area contributed by atoms with Gasteiger partial charge < -0.3 is 0 Å². The molecule has 0 fully saturated rings. The Morgan fingerprint density at radius 1 is 1.29 bits per heavy atom. The smallest absolute Gasteiger partial charge is 0.115 e. The van der Waals surface area contributed by atoms with Gasteiger partial charge in [-0.05, 0) is 31.4 Å². The van der Waals surface area contributed by atoms with Crippen LogP contribution in [0.25, 0.3) is 11.0 Å². The third-order valence-electron chi connectivity index (χ3n) is 2.68. The fourth-order valence-corrected chi connectivity index (χ4v) is 1.95. The second-order valence-electron chi connectivity index (χ2n) is 4.56. The van der Waals surface area contributed by atoms with E-state index in [0.717, 1.165) is 17.5 Å². The first-order chi connectivity index (χ1) is 8.22. The van der Waals surface area contributed by atoms with Gasteiger partial charge in [0.2, 0.25) is 0 Å². The molecule has 2 aromatic rings. The molecular formula is C14H17N3. The van der Waals surface area contributed by atoms with Crippen LogP contribution < -0.4 is 0 Å². The Balaban J connectivity index is 2.44. The number of benzene rings is 1. The molecule has 0 aliphatic carbocycles. The third kappa shape index (κ3) is 2.47.